The van der Waals surface area contributed by atoms with Crippen LogP contribution in [0.25, 0.3) is 0 Å². The van der Waals surface area contributed by atoms with Gasteiger partial charge in [-0.05, 0) is 113 Å². The van der Waals surface area contributed by atoms with Crippen LogP contribution in [0.15, 0.2) is 127 Å². The van der Waals surface area contributed by atoms with Crippen LogP contribution >= 0.6 is 45.8 Å². The maximum atomic E-state index is 15.6. The third-order valence-corrected chi connectivity index (χ3v) is 13.5. The van der Waals surface area contributed by atoms with Gasteiger partial charge in [-0.2, -0.15) is 5.01 Å². The molecule has 298 valence electrons. The fourth-order valence-corrected chi connectivity index (χ4v) is 10.4. The van der Waals surface area contributed by atoms with Gasteiger partial charge in [0.05, 0.1) is 46.7 Å². The van der Waals surface area contributed by atoms with Crippen LogP contribution < -0.4 is 19.8 Å². The second kappa shape index (κ2) is 15.3. The van der Waals surface area contributed by atoms with Crippen LogP contribution in [0.4, 0.5) is 11.4 Å². The zero-order valence-electron chi connectivity index (χ0n) is 31.5. The largest absolute Gasteiger partial charge is 0.508 e. The summed E-state index contributed by atoms with van der Waals surface area (Å²) in [5, 5.41) is 13.7. The van der Waals surface area contributed by atoms with E-state index in [-0.39, 0.29) is 47.7 Å². The van der Waals surface area contributed by atoms with E-state index in [2.05, 4.69) is 28.0 Å². The number of ether oxygens (including phenoxy) is 2. The standard InChI is InChI=1S/C46H36Cl2IN3O7/c1-58-30-14-7-26(8-15-30)46-36(43(55)52(45(46)57)50-38-20-9-27(47)21-37(38)48)23-35-32(18-19-34-40(35)44(56)51(42(34)54)29-12-10-28(49)11-13-29)41(46)33-17-16-31(22-39(33)53)59-24-25-5-3-2-4-6-25/h2-18,20-22,34-36,40-41,50,53H,19,23-24H2,1H3/t34-,35+,36-,40-,41+,46+/m0/s1. The third-order valence-electron chi connectivity index (χ3n) is 12.2. The lowest BCUT2D eigenvalue weighted by Gasteiger charge is -2.50. The van der Waals surface area contributed by atoms with Gasteiger partial charge >= 0.3 is 0 Å². The Balaban J connectivity index is 1.21. The van der Waals surface area contributed by atoms with Crippen LogP contribution in [0.1, 0.15) is 35.4 Å². The molecule has 0 unspecified atom stereocenters. The Morgan fingerprint density at radius 3 is 2.25 bits per heavy atom. The van der Waals surface area contributed by atoms with Crippen molar-refractivity contribution < 1.29 is 33.8 Å². The van der Waals surface area contributed by atoms with Crippen LogP contribution in [0.2, 0.25) is 10.0 Å². The van der Waals surface area contributed by atoms with Gasteiger partial charge in [0.1, 0.15) is 23.9 Å². The normalized spacial score (nSPS) is 24.7. The van der Waals surface area contributed by atoms with Crippen molar-refractivity contribution in [2.24, 2.45) is 23.7 Å². The summed E-state index contributed by atoms with van der Waals surface area (Å²) >= 11 is 15.0. The molecular formula is C46H36Cl2IN3O7. The van der Waals surface area contributed by atoms with E-state index >= 15 is 9.59 Å². The van der Waals surface area contributed by atoms with E-state index in [0.717, 1.165) is 14.1 Å². The van der Waals surface area contributed by atoms with Crippen LogP contribution in [-0.4, -0.2) is 40.9 Å². The SMILES string of the molecule is COc1ccc([C@@]23C(=O)N(Nc4ccc(Cl)cc4Cl)C(=O)[C@@H]2C[C@@H]2C(=CC[C@@H]4C(=O)N(c5ccc(I)cc5)C(=O)[C@@H]42)[C@@H]3c2ccc(OCc3ccccc3)cc2O)cc1. The Labute approximate surface area is 363 Å². The molecule has 1 saturated carbocycles. The number of aromatic hydroxyl groups is 1. The number of nitrogens with one attached hydrogen (secondary N) is 1. The van der Waals surface area contributed by atoms with Gasteiger partial charge in [0.2, 0.25) is 11.8 Å². The minimum Gasteiger partial charge on any atom is -0.508 e. The van der Waals surface area contributed by atoms with E-state index in [9.17, 15) is 14.7 Å². The maximum Gasteiger partial charge on any atom is 0.260 e. The number of anilines is 2. The van der Waals surface area contributed by atoms with E-state index < -0.39 is 46.8 Å². The van der Waals surface area contributed by atoms with Crippen molar-refractivity contribution in [2.75, 3.05) is 17.4 Å². The molecule has 2 aliphatic carbocycles. The molecule has 13 heteroatoms. The topological polar surface area (TPSA) is 125 Å². The quantitative estimate of drug-likeness (QED) is 0.0853. The second-order valence-electron chi connectivity index (χ2n) is 15.2. The molecule has 2 heterocycles. The number of carbonyl (C=O) groups is 4. The summed E-state index contributed by atoms with van der Waals surface area (Å²) < 4.78 is 12.5. The highest BCUT2D eigenvalue weighted by Crippen LogP contribution is 2.65. The summed E-state index contributed by atoms with van der Waals surface area (Å²) in [4.78, 5) is 60.8. The van der Waals surface area contributed by atoms with Crippen molar-refractivity contribution in [1.82, 2.24) is 5.01 Å². The molecule has 5 aromatic rings. The first-order chi connectivity index (χ1) is 28.5. The summed E-state index contributed by atoms with van der Waals surface area (Å²) in [5.41, 5.74) is 4.63. The molecule has 5 aromatic carbocycles. The highest BCUT2D eigenvalue weighted by Gasteiger charge is 2.70. The highest BCUT2D eigenvalue weighted by molar-refractivity contribution is 14.1. The summed E-state index contributed by atoms with van der Waals surface area (Å²) in [7, 11) is 1.54. The lowest BCUT2D eigenvalue weighted by Crippen LogP contribution is -2.53. The molecule has 4 amide bonds. The Kier molecular flexibility index (Phi) is 10.2. The molecule has 2 saturated heterocycles. The van der Waals surface area contributed by atoms with Crippen LogP contribution in [-0.2, 0) is 31.2 Å². The monoisotopic (exact) mass is 939 g/mol. The number of benzene rings is 5. The number of amides is 4. The summed E-state index contributed by atoms with van der Waals surface area (Å²) in [5.74, 6) is -5.16. The third kappa shape index (κ3) is 6.45. The Morgan fingerprint density at radius 2 is 1.56 bits per heavy atom. The summed E-state index contributed by atoms with van der Waals surface area (Å²) in [6.07, 6.45) is 2.25. The molecule has 9 rings (SSSR count). The number of fused-ring (bicyclic) bond motifs is 4. The fourth-order valence-electron chi connectivity index (χ4n) is 9.63. The Morgan fingerprint density at radius 1 is 0.831 bits per heavy atom. The van der Waals surface area contributed by atoms with Gasteiger partial charge in [-0.15, -0.1) is 0 Å². The van der Waals surface area contributed by atoms with Gasteiger partial charge in [-0.25, -0.2) is 0 Å². The van der Waals surface area contributed by atoms with Gasteiger partial charge in [-0.1, -0.05) is 83.4 Å². The summed E-state index contributed by atoms with van der Waals surface area (Å²) in [6, 6.07) is 33.5. The first-order valence-electron chi connectivity index (χ1n) is 19.1. The molecule has 59 heavy (non-hydrogen) atoms. The Bertz CT molecular complexity index is 2550. The van der Waals surface area contributed by atoms with E-state index in [1.54, 1.807) is 60.7 Å². The van der Waals surface area contributed by atoms with Crippen molar-refractivity contribution in [1.29, 1.82) is 0 Å². The number of carbonyl (C=O) groups excluding carboxylic acids is 4. The zero-order chi connectivity index (χ0) is 41.2. The molecule has 3 fully saturated rings. The van der Waals surface area contributed by atoms with Crippen molar-refractivity contribution in [2.45, 2.75) is 30.8 Å². The zero-order valence-corrected chi connectivity index (χ0v) is 35.1. The average molecular weight is 941 g/mol. The number of phenolic OH excluding ortho intramolecular Hbond substituents is 1. The van der Waals surface area contributed by atoms with Crippen LogP contribution in [0.5, 0.6) is 17.2 Å². The number of imide groups is 2. The molecule has 6 atom stereocenters. The minimum absolute atomic E-state index is 0.0746. The molecule has 2 aliphatic heterocycles. The smallest absolute Gasteiger partial charge is 0.260 e. The van der Waals surface area contributed by atoms with E-state index in [0.29, 0.717) is 38.9 Å². The van der Waals surface area contributed by atoms with Crippen LogP contribution in [0.3, 0.4) is 0 Å². The molecule has 0 bridgehead atoms. The van der Waals surface area contributed by atoms with Crippen molar-refractivity contribution in [3.05, 3.63) is 157 Å². The van der Waals surface area contributed by atoms with Gasteiger partial charge in [-0.3, -0.25) is 29.5 Å². The lowest BCUT2D eigenvalue weighted by atomic mass is 9.49. The number of hydrazine groups is 1. The van der Waals surface area contributed by atoms with Crippen LogP contribution in [0, 0.1) is 27.2 Å². The van der Waals surface area contributed by atoms with Crippen molar-refractivity contribution in [3.8, 4) is 17.2 Å². The number of halogens is 3. The van der Waals surface area contributed by atoms with Gasteiger partial charge in [0.25, 0.3) is 11.8 Å². The molecule has 0 spiro atoms. The minimum atomic E-state index is -1.64. The predicted molar refractivity (Wildman–Crippen MR) is 231 cm³/mol. The number of hydrogen-bond donors (Lipinski definition) is 2. The van der Waals surface area contributed by atoms with Gasteiger partial charge in [0.15, 0.2) is 0 Å². The van der Waals surface area contributed by atoms with E-state index in [1.165, 1.54) is 24.1 Å². The number of allylic oxidation sites excluding steroid dienone is 2. The second-order valence-corrected chi connectivity index (χ2v) is 17.3. The number of nitrogens with zero attached hydrogens (tertiary/aromatic N) is 2. The molecule has 0 radical (unpaired) electrons. The Hall–Kier alpha value is -5.37. The highest BCUT2D eigenvalue weighted by atomic mass is 127. The first kappa shape index (κ1) is 39.1. The number of hydrogen-bond acceptors (Lipinski definition) is 8. The number of methoxy groups -OCH3 is 1. The predicted octanol–water partition coefficient (Wildman–Crippen LogP) is 9.08. The van der Waals surface area contributed by atoms with Gasteiger partial charge < -0.3 is 14.6 Å². The summed E-state index contributed by atoms with van der Waals surface area (Å²) in [6.45, 7) is 0.255. The van der Waals surface area contributed by atoms with E-state index in [1.807, 2.05) is 48.5 Å². The number of phenols is 1. The number of rotatable bonds is 9. The van der Waals surface area contributed by atoms with E-state index in [4.69, 9.17) is 32.7 Å². The van der Waals surface area contributed by atoms with Crippen molar-refractivity contribution >= 4 is 80.8 Å². The maximum absolute atomic E-state index is 15.6. The van der Waals surface area contributed by atoms with Gasteiger partial charge in [0, 0.05) is 26.1 Å². The molecule has 2 N–H and O–H groups in total. The van der Waals surface area contributed by atoms with Crippen molar-refractivity contribution in [3.63, 3.8) is 0 Å². The molecule has 0 aromatic heterocycles. The fraction of sp³-hybridized carbons (Fsp3) is 0.217. The first-order valence-corrected chi connectivity index (χ1v) is 20.9. The molecule has 4 aliphatic rings. The lowest BCUT2D eigenvalue weighted by molar-refractivity contribution is -0.138. The average Bonchev–Trinajstić information content (AvgIpc) is 3.62. The molecular weight excluding hydrogens is 904 g/mol. The molecule has 10 nitrogen and oxygen atoms in total.